The van der Waals surface area contributed by atoms with Crippen LogP contribution >= 0.6 is 0 Å². The summed E-state index contributed by atoms with van der Waals surface area (Å²) in [7, 11) is 0. The van der Waals surface area contributed by atoms with Crippen molar-refractivity contribution < 1.29 is 35.5 Å². The predicted molar refractivity (Wildman–Crippen MR) is 52.3 cm³/mol. The minimum Gasteiger partial charge on any atom is -0.487 e. The molecule has 1 aromatic carbocycles. The maximum Gasteiger partial charge on any atom is 0.460 e. The van der Waals surface area contributed by atoms with E-state index in [0.29, 0.717) is 0 Å². The second kappa shape index (κ2) is 4.78. The summed E-state index contributed by atoms with van der Waals surface area (Å²) in [6.07, 6.45) is -6.37. The zero-order valence-electron chi connectivity index (χ0n) is 9.15. The van der Waals surface area contributed by atoms with E-state index in [1.165, 1.54) is 12.1 Å². The van der Waals surface area contributed by atoms with E-state index >= 15 is 0 Å². The highest BCUT2D eigenvalue weighted by Crippen LogP contribution is 2.46. The molecule has 2 nitrogen and oxygen atoms in total. The third-order valence-electron chi connectivity index (χ3n) is 2.09. The van der Waals surface area contributed by atoms with Gasteiger partial charge in [0, 0.05) is 11.8 Å². The molecule has 9 heteroatoms. The zero-order chi connectivity index (χ0) is 14.9. The second-order valence-corrected chi connectivity index (χ2v) is 3.64. The van der Waals surface area contributed by atoms with Gasteiger partial charge in [-0.3, -0.25) is 0 Å². The van der Waals surface area contributed by atoms with Gasteiger partial charge in [0.2, 0.25) is 0 Å². The van der Waals surface area contributed by atoms with E-state index in [4.69, 9.17) is 5.73 Å². The minimum atomic E-state index is -6.37. The number of rotatable bonds is 4. The van der Waals surface area contributed by atoms with Gasteiger partial charge < -0.3 is 10.5 Å². The standard InChI is InChI=1S/C10H8F7NO/c11-8(12,9(13,14)10(15,16)17)5-19-7-3-1-2-6(18)4-7/h1-4H,5,18H2. The molecule has 0 saturated carbocycles. The zero-order valence-corrected chi connectivity index (χ0v) is 9.15. The molecule has 0 spiro atoms. The first-order valence-corrected chi connectivity index (χ1v) is 4.78. The van der Waals surface area contributed by atoms with E-state index in [2.05, 4.69) is 4.74 Å². The SMILES string of the molecule is Nc1cccc(OCC(F)(F)C(F)(F)C(F)(F)F)c1. The molecule has 0 unspecified atom stereocenters. The van der Waals surface area contributed by atoms with E-state index in [1.807, 2.05) is 0 Å². The number of benzene rings is 1. The number of halogens is 7. The maximum absolute atomic E-state index is 12.9. The topological polar surface area (TPSA) is 35.2 Å². The summed E-state index contributed by atoms with van der Waals surface area (Å²) >= 11 is 0. The lowest BCUT2D eigenvalue weighted by molar-refractivity contribution is -0.358. The molecule has 0 amide bonds. The van der Waals surface area contributed by atoms with Gasteiger partial charge in [-0.15, -0.1) is 0 Å². The number of ether oxygens (including phenoxy) is 1. The van der Waals surface area contributed by atoms with Gasteiger partial charge in [0.15, 0.2) is 6.61 Å². The Labute approximate surface area is 103 Å². The van der Waals surface area contributed by atoms with E-state index in [0.717, 1.165) is 12.1 Å². The maximum atomic E-state index is 12.9. The van der Waals surface area contributed by atoms with Crippen molar-refractivity contribution in [2.24, 2.45) is 0 Å². The largest absolute Gasteiger partial charge is 0.487 e. The number of anilines is 1. The summed E-state index contributed by atoms with van der Waals surface area (Å²) < 4.78 is 90.4. The first-order valence-electron chi connectivity index (χ1n) is 4.78. The second-order valence-electron chi connectivity index (χ2n) is 3.64. The fourth-order valence-electron chi connectivity index (χ4n) is 1.08. The monoisotopic (exact) mass is 291 g/mol. The first-order chi connectivity index (χ1) is 8.47. The Morgan fingerprint density at radius 3 is 2.05 bits per heavy atom. The third-order valence-corrected chi connectivity index (χ3v) is 2.09. The van der Waals surface area contributed by atoms with Gasteiger partial charge >= 0.3 is 18.0 Å². The summed E-state index contributed by atoms with van der Waals surface area (Å²) in [6.45, 7) is -2.12. The number of alkyl halides is 7. The summed E-state index contributed by atoms with van der Waals surface area (Å²) in [5.41, 5.74) is 5.34. The van der Waals surface area contributed by atoms with Gasteiger partial charge in [0.1, 0.15) is 5.75 Å². The molecular formula is C10H8F7NO. The predicted octanol–water partition coefficient (Wildman–Crippen LogP) is 3.48. The van der Waals surface area contributed by atoms with Gasteiger partial charge in [-0.1, -0.05) is 6.07 Å². The van der Waals surface area contributed by atoms with Crippen LogP contribution in [0.25, 0.3) is 0 Å². The van der Waals surface area contributed by atoms with Crippen LogP contribution in [-0.2, 0) is 0 Å². The lowest BCUT2D eigenvalue weighted by Gasteiger charge is -2.27. The highest BCUT2D eigenvalue weighted by atomic mass is 19.4. The van der Waals surface area contributed by atoms with Crippen LogP contribution in [0.2, 0.25) is 0 Å². The average molecular weight is 291 g/mol. The quantitative estimate of drug-likeness (QED) is 0.681. The molecule has 108 valence electrons. The molecule has 2 N–H and O–H groups in total. The molecule has 0 aliphatic carbocycles. The van der Waals surface area contributed by atoms with E-state index < -0.39 is 24.6 Å². The molecule has 0 aromatic heterocycles. The molecule has 0 fully saturated rings. The van der Waals surface area contributed by atoms with Crippen LogP contribution in [0.3, 0.4) is 0 Å². The molecule has 1 rings (SSSR count). The Kier molecular flexibility index (Phi) is 3.87. The van der Waals surface area contributed by atoms with Crippen LogP contribution in [-0.4, -0.2) is 24.6 Å². The third kappa shape index (κ3) is 3.21. The average Bonchev–Trinajstić information content (AvgIpc) is 2.25. The van der Waals surface area contributed by atoms with Crippen LogP contribution in [0.4, 0.5) is 36.4 Å². The van der Waals surface area contributed by atoms with Crippen molar-refractivity contribution in [1.29, 1.82) is 0 Å². The fourth-order valence-corrected chi connectivity index (χ4v) is 1.08. The van der Waals surface area contributed by atoms with Crippen molar-refractivity contribution in [1.82, 2.24) is 0 Å². The number of hydrogen-bond acceptors (Lipinski definition) is 2. The van der Waals surface area contributed by atoms with Crippen molar-refractivity contribution >= 4 is 5.69 Å². The number of hydrogen-bond donors (Lipinski definition) is 1. The van der Waals surface area contributed by atoms with Crippen molar-refractivity contribution in [3.05, 3.63) is 24.3 Å². The Morgan fingerprint density at radius 1 is 1.00 bits per heavy atom. The number of nitrogen functional groups attached to an aromatic ring is 1. The minimum absolute atomic E-state index is 0.0865. The summed E-state index contributed by atoms with van der Waals surface area (Å²) in [4.78, 5) is 0. The van der Waals surface area contributed by atoms with Gasteiger partial charge in [0.05, 0.1) is 0 Å². The summed E-state index contributed by atoms with van der Waals surface area (Å²) in [5, 5.41) is 0. The Hall–Kier alpha value is -1.67. The number of nitrogens with two attached hydrogens (primary N) is 1. The van der Waals surface area contributed by atoms with E-state index in [1.54, 1.807) is 0 Å². The van der Waals surface area contributed by atoms with E-state index in [-0.39, 0.29) is 11.4 Å². The highest BCUT2D eigenvalue weighted by molar-refractivity contribution is 5.43. The van der Waals surface area contributed by atoms with Crippen LogP contribution in [0.5, 0.6) is 5.75 Å². The van der Waals surface area contributed by atoms with Crippen molar-refractivity contribution in [3.63, 3.8) is 0 Å². The van der Waals surface area contributed by atoms with Gasteiger partial charge in [0.25, 0.3) is 0 Å². The molecule has 0 saturated heterocycles. The van der Waals surface area contributed by atoms with E-state index in [9.17, 15) is 30.7 Å². The Bertz CT molecular complexity index is 444. The van der Waals surface area contributed by atoms with Crippen LogP contribution in [0.15, 0.2) is 24.3 Å². The van der Waals surface area contributed by atoms with Gasteiger partial charge in [-0.2, -0.15) is 30.7 Å². The highest BCUT2D eigenvalue weighted by Gasteiger charge is 2.73. The van der Waals surface area contributed by atoms with Crippen LogP contribution in [0, 0.1) is 0 Å². The summed E-state index contributed by atoms with van der Waals surface area (Å²) in [6, 6.07) is 4.74. The van der Waals surface area contributed by atoms with Crippen molar-refractivity contribution in [2.45, 2.75) is 18.0 Å². The van der Waals surface area contributed by atoms with Crippen molar-refractivity contribution in [2.75, 3.05) is 12.3 Å². The molecular weight excluding hydrogens is 283 g/mol. The van der Waals surface area contributed by atoms with Crippen LogP contribution < -0.4 is 10.5 Å². The smallest absolute Gasteiger partial charge is 0.460 e. The molecule has 0 heterocycles. The first kappa shape index (κ1) is 15.4. The summed E-state index contributed by atoms with van der Waals surface area (Å²) in [5.74, 6) is -11.9. The molecule has 0 bridgehead atoms. The molecule has 0 aliphatic heterocycles. The van der Waals surface area contributed by atoms with Crippen molar-refractivity contribution in [3.8, 4) is 5.75 Å². The lowest BCUT2D eigenvalue weighted by atomic mass is 10.2. The molecule has 1 aromatic rings. The fraction of sp³-hybridized carbons (Fsp3) is 0.400. The molecule has 0 atom stereocenters. The van der Waals surface area contributed by atoms with Crippen LogP contribution in [0.1, 0.15) is 0 Å². The molecule has 0 radical (unpaired) electrons. The molecule has 19 heavy (non-hydrogen) atoms. The molecule has 0 aliphatic rings. The Morgan fingerprint density at radius 2 is 1.58 bits per heavy atom. The van der Waals surface area contributed by atoms with Gasteiger partial charge in [-0.05, 0) is 12.1 Å². The Balaban J connectivity index is 2.81. The lowest BCUT2D eigenvalue weighted by Crippen LogP contribution is -2.54. The normalized spacial score (nSPS) is 13.4. The van der Waals surface area contributed by atoms with Gasteiger partial charge in [-0.25, -0.2) is 0 Å².